The maximum atomic E-state index is 12.8. The summed E-state index contributed by atoms with van der Waals surface area (Å²) in [5, 5.41) is 5.01. The number of carbonyl (C=O) groups excluding carboxylic acids is 5. The lowest BCUT2D eigenvalue weighted by Crippen LogP contribution is -2.50. The lowest BCUT2D eigenvalue weighted by atomic mass is 10.0. The van der Waals surface area contributed by atoms with Crippen LogP contribution in [0.1, 0.15) is 50.7 Å². The lowest BCUT2D eigenvalue weighted by molar-refractivity contribution is -0.139. The SMILES string of the molecule is CCOC(=O)C1=C(COC(=O)c2ccc3c(c2)C(=O)N(Cc2ccco2)C3=O)NC(=O)NC1C. The van der Waals surface area contributed by atoms with E-state index in [1.165, 1.54) is 24.5 Å². The molecule has 0 saturated carbocycles. The lowest BCUT2D eigenvalue weighted by Gasteiger charge is -2.26. The van der Waals surface area contributed by atoms with Crippen LogP contribution in [0, 0.1) is 0 Å². The molecule has 0 saturated heterocycles. The van der Waals surface area contributed by atoms with Crippen molar-refractivity contribution >= 4 is 29.8 Å². The van der Waals surface area contributed by atoms with Gasteiger partial charge in [-0.05, 0) is 44.2 Å². The number of ether oxygens (including phenoxy) is 2. The van der Waals surface area contributed by atoms with Crippen molar-refractivity contribution in [3.63, 3.8) is 0 Å². The molecule has 0 fully saturated rings. The molecule has 1 unspecified atom stereocenters. The number of hydrogen-bond donors (Lipinski definition) is 2. The molecule has 0 aliphatic carbocycles. The van der Waals surface area contributed by atoms with Crippen molar-refractivity contribution in [2.75, 3.05) is 13.2 Å². The van der Waals surface area contributed by atoms with Crippen molar-refractivity contribution in [2.24, 2.45) is 0 Å². The normalized spacial score (nSPS) is 17.3. The van der Waals surface area contributed by atoms with E-state index in [-0.39, 0.29) is 41.1 Å². The summed E-state index contributed by atoms with van der Waals surface area (Å²) in [7, 11) is 0. The van der Waals surface area contributed by atoms with Gasteiger partial charge in [0.15, 0.2) is 0 Å². The molecule has 2 aliphatic rings. The molecule has 0 radical (unpaired) electrons. The van der Waals surface area contributed by atoms with Crippen LogP contribution < -0.4 is 10.6 Å². The summed E-state index contributed by atoms with van der Waals surface area (Å²) in [6, 6.07) is 6.13. The topological polar surface area (TPSA) is 144 Å². The Morgan fingerprint density at radius 3 is 2.53 bits per heavy atom. The van der Waals surface area contributed by atoms with E-state index in [1.54, 1.807) is 26.0 Å². The number of esters is 2. The Bertz CT molecular complexity index is 1210. The average Bonchev–Trinajstić information content (AvgIpc) is 3.40. The number of nitrogens with zero attached hydrogens (tertiary/aromatic N) is 1. The second-order valence-electron chi connectivity index (χ2n) is 7.55. The summed E-state index contributed by atoms with van der Waals surface area (Å²) < 4.78 is 15.5. The Labute approximate surface area is 193 Å². The smallest absolute Gasteiger partial charge is 0.338 e. The molecule has 34 heavy (non-hydrogen) atoms. The molecular formula is C23H21N3O8. The van der Waals surface area contributed by atoms with E-state index in [0.29, 0.717) is 5.76 Å². The Hall–Kier alpha value is -4.41. The van der Waals surface area contributed by atoms with Gasteiger partial charge in [-0.1, -0.05) is 0 Å². The molecular weight excluding hydrogens is 446 g/mol. The monoisotopic (exact) mass is 467 g/mol. The molecule has 4 rings (SSSR count). The Balaban J connectivity index is 1.51. The van der Waals surface area contributed by atoms with Crippen molar-refractivity contribution in [2.45, 2.75) is 26.4 Å². The summed E-state index contributed by atoms with van der Waals surface area (Å²) in [6.07, 6.45) is 1.44. The van der Waals surface area contributed by atoms with E-state index in [0.717, 1.165) is 4.90 Å². The molecule has 0 bridgehead atoms. The van der Waals surface area contributed by atoms with Crippen molar-refractivity contribution in [3.8, 4) is 0 Å². The molecule has 176 valence electrons. The van der Waals surface area contributed by atoms with E-state index < -0.39 is 42.4 Å². The maximum absolute atomic E-state index is 12.8. The predicted molar refractivity (Wildman–Crippen MR) is 114 cm³/mol. The zero-order valence-corrected chi connectivity index (χ0v) is 18.4. The van der Waals surface area contributed by atoms with Crippen LogP contribution in [0.5, 0.6) is 0 Å². The van der Waals surface area contributed by atoms with Crippen LogP contribution in [0.3, 0.4) is 0 Å². The fraction of sp³-hybridized carbons (Fsp3) is 0.261. The fourth-order valence-electron chi connectivity index (χ4n) is 3.73. The summed E-state index contributed by atoms with van der Waals surface area (Å²) in [5.41, 5.74) is 0.505. The van der Waals surface area contributed by atoms with Gasteiger partial charge in [-0.3, -0.25) is 14.5 Å². The molecule has 1 aromatic heterocycles. The van der Waals surface area contributed by atoms with Gasteiger partial charge in [-0.2, -0.15) is 0 Å². The van der Waals surface area contributed by atoms with Gasteiger partial charge in [0.2, 0.25) is 0 Å². The highest BCUT2D eigenvalue weighted by Gasteiger charge is 2.37. The van der Waals surface area contributed by atoms with Crippen molar-refractivity contribution < 1.29 is 37.9 Å². The number of nitrogens with one attached hydrogen (secondary N) is 2. The van der Waals surface area contributed by atoms with Gasteiger partial charge < -0.3 is 24.5 Å². The number of hydrogen-bond acceptors (Lipinski definition) is 8. The highest BCUT2D eigenvalue weighted by Crippen LogP contribution is 2.26. The standard InChI is InChI=1S/C23H21N3O8/c1-3-32-22(30)18-12(2)24-23(31)25-17(18)11-34-21(29)13-6-7-15-16(9-13)20(28)26(19(15)27)10-14-5-4-8-33-14/h4-9,12H,3,10-11H2,1-2H3,(H2,24,25,31). The Kier molecular flexibility index (Phi) is 6.17. The Morgan fingerprint density at radius 1 is 1.06 bits per heavy atom. The van der Waals surface area contributed by atoms with Crippen LogP contribution in [-0.2, 0) is 20.8 Å². The highest BCUT2D eigenvalue weighted by molar-refractivity contribution is 6.21. The molecule has 1 atom stereocenters. The van der Waals surface area contributed by atoms with Gasteiger partial charge >= 0.3 is 18.0 Å². The molecule has 1 aromatic carbocycles. The summed E-state index contributed by atoms with van der Waals surface area (Å²) in [6.45, 7) is 2.95. The van der Waals surface area contributed by atoms with Gasteiger partial charge in [0.05, 0.1) is 53.4 Å². The third-order valence-corrected chi connectivity index (χ3v) is 5.31. The largest absolute Gasteiger partial charge is 0.467 e. The van der Waals surface area contributed by atoms with Crippen LogP contribution >= 0.6 is 0 Å². The van der Waals surface area contributed by atoms with E-state index in [9.17, 15) is 24.0 Å². The molecule has 3 heterocycles. The van der Waals surface area contributed by atoms with Crippen molar-refractivity contribution in [1.82, 2.24) is 15.5 Å². The zero-order chi connectivity index (χ0) is 24.4. The van der Waals surface area contributed by atoms with Crippen LogP contribution in [0.15, 0.2) is 52.3 Å². The fourth-order valence-corrected chi connectivity index (χ4v) is 3.73. The molecule has 11 heteroatoms. The second-order valence-corrected chi connectivity index (χ2v) is 7.55. The predicted octanol–water partition coefficient (Wildman–Crippen LogP) is 1.75. The molecule has 0 spiro atoms. The minimum absolute atomic E-state index is 0.0319. The number of furan rings is 1. The van der Waals surface area contributed by atoms with E-state index in [1.807, 2.05) is 0 Å². The van der Waals surface area contributed by atoms with Crippen LogP contribution in [0.25, 0.3) is 0 Å². The van der Waals surface area contributed by atoms with Gasteiger partial charge in [-0.25, -0.2) is 14.4 Å². The van der Waals surface area contributed by atoms with Crippen LogP contribution in [-0.4, -0.2) is 53.9 Å². The molecule has 4 amide bonds. The number of fused-ring (bicyclic) bond motifs is 1. The quantitative estimate of drug-likeness (QED) is 0.463. The number of benzene rings is 1. The van der Waals surface area contributed by atoms with Gasteiger partial charge in [0.25, 0.3) is 11.8 Å². The van der Waals surface area contributed by atoms with Crippen LogP contribution in [0.4, 0.5) is 4.79 Å². The minimum atomic E-state index is -0.802. The number of amides is 4. The van der Waals surface area contributed by atoms with Crippen LogP contribution in [0.2, 0.25) is 0 Å². The first kappa shape index (κ1) is 22.8. The van der Waals surface area contributed by atoms with Gasteiger partial charge in [0, 0.05) is 0 Å². The van der Waals surface area contributed by atoms with Crippen molar-refractivity contribution in [1.29, 1.82) is 0 Å². The first-order chi connectivity index (χ1) is 16.3. The number of rotatable bonds is 7. The summed E-state index contributed by atoms with van der Waals surface area (Å²) in [5.74, 6) is -2.06. The summed E-state index contributed by atoms with van der Waals surface area (Å²) in [4.78, 5) is 63.2. The number of urea groups is 1. The number of carbonyl (C=O) groups is 5. The zero-order valence-electron chi connectivity index (χ0n) is 18.4. The third kappa shape index (κ3) is 4.27. The van der Waals surface area contributed by atoms with E-state index in [2.05, 4.69) is 10.6 Å². The first-order valence-corrected chi connectivity index (χ1v) is 10.5. The molecule has 2 N–H and O–H groups in total. The average molecular weight is 467 g/mol. The van der Waals surface area contributed by atoms with E-state index in [4.69, 9.17) is 13.9 Å². The van der Waals surface area contributed by atoms with E-state index >= 15 is 0 Å². The second kappa shape index (κ2) is 9.22. The number of imide groups is 1. The Morgan fingerprint density at radius 2 is 1.82 bits per heavy atom. The maximum Gasteiger partial charge on any atom is 0.338 e. The first-order valence-electron chi connectivity index (χ1n) is 10.5. The highest BCUT2D eigenvalue weighted by atomic mass is 16.5. The van der Waals surface area contributed by atoms with Gasteiger partial charge in [-0.15, -0.1) is 0 Å². The minimum Gasteiger partial charge on any atom is -0.467 e. The molecule has 11 nitrogen and oxygen atoms in total. The van der Waals surface area contributed by atoms with Gasteiger partial charge in [0.1, 0.15) is 12.4 Å². The molecule has 2 aliphatic heterocycles. The molecule has 2 aromatic rings. The van der Waals surface area contributed by atoms with Crippen molar-refractivity contribution in [3.05, 3.63) is 70.3 Å². The third-order valence-electron chi connectivity index (χ3n) is 5.31. The summed E-state index contributed by atoms with van der Waals surface area (Å²) >= 11 is 0.